The summed E-state index contributed by atoms with van der Waals surface area (Å²) < 4.78 is 0. The Morgan fingerprint density at radius 2 is 1.91 bits per heavy atom. The molecule has 3 heteroatoms. The molecule has 0 unspecified atom stereocenters. The molecule has 0 amide bonds. The van der Waals surface area contributed by atoms with E-state index in [-0.39, 0.29) is 51.4 Å². The molecule has 0 aliphatic carbocycles. The summed E-state index contributed by atoms with van der Waals surface area (Å²) in [5.41, 5.74) is 1.01. The molecule has 0 fully saturated rings. The van der Waals surface area contributed by atoms with Crippen LogP contribution in [-0.2, 0) is 0 Å². The van der Waals surface area contributed by atoms with Crippen LogP contribution in [-0.4, -0.2) is 70.6 Å². The van der Waals surface area contributed by atoms with Gasteiger partial charge in [-0.15, -0.1) is 0 Å². The molecule has 11 heavy (non-hydrogen) atoms. The summed E-state index contributed by atoms with van der Waals surface area (Å²) >= 11 is 0. The number of benzene rings is 1. The maximum absolute atomic E-state index is 9.04. The summed E-state index contributed by atoms with van der Waals surface area (Å²) in [6.07, 6.45) is 0. The zero-order chi connectivity index (χ0) is 7.56. The van der Waals surface area contributed by atoms with Gasteiger partial charge in [0, 0.05) is 25.8 Å². The Morgan fingerprint density at radius 3 is 2.27 bits per heavy atom. The van der Waals surface area contributed by atoms with E-state index in [1.807, 2.05) is 31.1 Å². The van der Waals surface area contributed by atoms with Gasteiger partial charge >= 0.3 is 51.4 Å². The van der Waals surface area contributed by atoms with Crippen molar-refractivity contribution in [3.63, 3.8) is 0 Å². The zero-order valence-electron chi connectivity index (χ0n) is 6.20. The van der Waals surface area contributed by atoms with E-state index in [9.17, 15) is 0 Å². The Bertz CT molecular complexity index is 225. The first-order valence-corrected chi connectivity index (χ1v) is 3.16. The van der Waals surface area contributed by atoms with Gasteiger partial charge in [-0.25, -0.2) is 0 Å². The molecule has 0 saturated heterocycles. The van der Waals surface area contributed by atoms with Crippen LogP contribution in [0.25, 0.3) is 0 Å². The molecule has 0 saturated carbocycles. The van der Waals surface area contributed by atoms with Crippen molar-refractivity contribution in [2.75, 3.05) is 19.0 Å². The van der Waals surface area contributed by atoms with E-state index in [1.54, 1.807) is 12.1 Å². The average Bonchev–Trinajstić information content (AvgIpc) is 1.88. The van der Waals surface area contributed by atoms with E-state index < -0.39 is 0 Å². The number of hydrogen-bond acceptors (Lipinski definition) is 2. The second kappa shape index (κ2) is 5.16. The molecule has 0 aliphatic heterocycles. The Labute approximate surface area is 110 Å². The summed E-state index contributed by atoms with van der Waals surface area (Å²) in [7, 11) is 3.88. The van der Waals surface area contributed by atoms with Crippen molar-refractivity contribution in [1.82, 2.24) is 0 Å². The van der Waals surface area contributed by atoms with Crippen molar-refractivity contribution in [2.24, 2.45) is 0 Å². The fraction of sp³-hybridized carbons (Fsp3) is 0.250. The molecule has 0 atom stereocenters. The van der Waals surface area contributed by atoms with Gasteiger partial charge in [0.1, 0.15) is 5.75 Å². The van der Waals surface area contributed by atoms with Gasteiger partial charge in [0.2, 0.25) is 0 Å². The minimum atomic E-state index is 0. The van der Waals surface area contributed by atoms with Crippen LogP contribution in [0.3, 0.4) is 0 Å². The van der Waals surface area contributed by atoms with Gasteiger partial charge in [0.25, 0.3) is 0 Å². The maximum atomic E-state index is 9.04. The Kier molecular flexibility index (Phi) is 5.38. The fourth-order valence-corrected chi connectivity index (χ4v) is 0.771. The van der Waals surface area contributed by atoms with Gasteiger partial charge in [0.05, 0.1) is 0 Å². The number of phenolic OH excluding ortho intramolecular Hbond substituents is 1. The predicted octanol–water partition coefficient (Wildman–Crippen LogP) is 0.810. The van der Waals surface area contributed by atoms with Gasteiger partial charge in [-0.3, -0.25) is 0 Å². The van der Waals surface area contributed by atoms with E-state index in [4.69, 9.17) is 5.11 Å². The van der Waals surface area contributed by atoms with Gasteiger partial charge in [-0.1, -0.05) is 6.07 Å². The molecule has 0 radical (unpaired) electrons. The number of nitrogens with zero attached hydrogens (tertiary/aromatic N) is 1. The molecule has 0 aliphatic rings. The second-order valence-corrected chi connectivity index (χ2v) is 2.41. The number of phenols is 1. The Morgan fingerprint density at radius 1 is 1.27 bits per heavy atom. The zero-order valence-corrected chi connectivity index (χ0v) is 6.20. The third kappa shape index (κ3) is 3.58. The van der Waals surface area contributed by atoms with Gasteiger partial charge in [-0.05, 0) is 12.1 Å². The molecule has 0 bridgehead atoms. The van der Waals surface area contributed by atoms with Crippen molar-refractivity contribution < 1.29 is 5.11 Å². The van der Waals surface area contributed by atoms with Crippen LogP contribution in [0.1, 0.15) is 0 Å². The van der Waals surface area contributed by atoms with Crippen LogP contribution in [0.4, 0.5) is 5.69 Å². The third-order valence-corrected chi connectivity index (χ3v) is 1.35. The number of hydrogen-bond donors (Lipinski definition) is 1. The molecular formula is C8H12KNO. The van der Waals surface area contributed by atoms with Crippen molar-refractivity contribution in [1.29, 1.82) is 0 Å². The van der Waals surface area contributed by atoms with Gasteiger partial charge in [-0.2, -0.15) is 0 Å². The van der Waals surface area contributed by atoms with Gasteiger partial charge < -0.3 is 10.0 Å². The van der Waals surface area contributed by atoms with E-state index in [1.165, 1.54) is 0 Å². The summed E-state index contributed by atoms with van der Waals surface area (Å²) in [5.74, 6) is 0.311. The Balaban J connectivity index is 0.000001000. The number of aromatic hydroxyl groups is 1. The summed E-state index contributed by atoms with van der Waals surface area (Å²) in [5, 5.41) is 9.04. The molecular weight excluding hydrogens is 165 g/mol. The van der Waals surface area contributed by atoms with Crippen LogP contribution in [0.5, 0.6) is 5.75 Å². The third-order valence-electron chi connectivity index (χ3n) is 1.35. The van der Waals surface area contributed by atoms with Crippen LogP contribution in [0, 0.1) is 0 Å². The van der Waals surface area contributed by atoms with Crippen LogP contribution in [0.15, 0.2) is 24.3 Å². The van der Waals surface area contributed by atoms with Crippen molar-refractivity contribution in [3.05, 3.63) is 24.3 Å². The molecule has 0 spiro atoms. The minimum absolute atomic E-state index is 0. The van der Waals surface area contributed by atoms with E-state index >= 15 is 0 Å². The molecule has 0 heterocycles. The van der Waals surface area contributed by atoms with E-state index in [0.717, 1.165) is 5.69 Å². The fourth-order valence-electron chi connectivity index (χ4n) is 0.771. The predicted molar refractivity (Wildman–Crippen MR) is 49.6 cm³/mol. The standard InChI is InChI=1S/C8H11NO.K.H/c1-9(2)7-4-3-5-8(10)6-7;;/h3-6,10H,1-2H3;;. The van der Waals surface area contributed by atoms with Crippen molar-refractivity contribution >= 4 is 57.1 Å². The normalized spacial score (nSPS) is 8.55. The molecule has 56 valence electrons. The van der Waals surface area contributed by atoms with E-state index in [0.29, 0.717) is 5.75 Å². The van der Waals surface area contributed by atoms with Crippen molar-refractivity contribution in [2.45, 2.75) is 0 Å². The first-order valence-electron chi connectivity index (χ1n) is 3.16. The summed E-state index contributed by atoms with van der Waals surface area (Å²) in [6.45, 7) is 0. The second-order valence-electron chi connectivity index (χ2n) is 2.41. The van der Waals surface area contributed by atoms with Crippen LogP contribution < -0.4 is 4.90 Å². The molecule has 1 aromatic carbocycles. The summed E-state index contributed by atoms with van der Waals surface area (Å²) in [6, 6.07) is 7.15. The molecule has 1 rings (SSSR count). The number of anilines is 1. The first-order chi connectivity index (χ1) is 4.70. The molecule has 0 aromatic heterocycles. The molecule has 1 aromatic rings. The molecule has 1 N–H and O–H groups in total. The van der Waals surface area contributed by atoms with Gasteiger partial charge in [0.15, 0.2) is 0 Å². The van der Waals surface area contributed by atoms with E-state index in [2.05, 4.69) is 0 Å². The monoisotopic (exact) mass is 177 g/mol. The van der Waals surface area contributed by atoms with Crippen LogP contribution in [0.2, 0.25) is 0 Å². The Hall–Kier alpha value is 0.456. The quantitative estimate of drug-likeness (QED) is 0.642. The SMILES string of the molecule is CN(C)c1cccc(O)c1.[KH]. The first kappa shape index (κ1) is 11.5. The molecule has 2 nitrogen and oxygen atoms in total. The summed E-state index contributed by atoms with van der Waals surface area (Å²) in [4.78, 5) is 1.94. The average molecular weight is 177 g/mol. The topological polar surface area (TPSA) is 23.5 Å². The number of rotatable bonds is 1. The van der Waals surface area contributed by atoms with Crippen LogP contribution >= 0.6 is 0 Å². The van der Waals surface area contributed by atoms with Crippen molar-refractivity contribution in [3.8, 4) is 5.75 Å².